The summed E-state index contributed by atoms with van der Waals surface area (Å²) < 4.78 is 18.8. The normalized spacial score (nSPS) is 14.4. The summed E-state index contributed by atoms with van der Waals surface area (Å²) in [6.45, 7) is 2.25. The van der Waals surface area contributed by atoms with Crippen molar-refractivity contribution in [3.8, 4) is 5.75 Å². The molecule has 1 aromatic rings. The maximum absolute atomic E-state index is 13.7. The van der Waals surface area contributed by atoms with Gasteiger partial charge in [0, 0.05) is 11.6 Å². The van der Waals surface area contributed by atoms with E-state index in [0.717, 1.165) is 0 Å². The predicted octanol–water partition coefficient (Wildman–Crippen LogP) is 1.94. The Labute approximate surface area is 106 Å². The molecular weight excluding hydrogens is 243 g/mol. The minimum Gasteiger partial charge on any atom is -0.494 e. The lowest BCUT2D eigenvalue weighted by Crippen LogP contribution is -2.19. The first kappa shape index (κ1) is 14.3. The molecule has 2 atom stereocenters. The second-order valence-corrected chi connectivity index (χ2v) is 4.09. The van der Waals surface area contributed by atoms with Crippen LogP contribution in [0.4, 0.5) is 4.39 Å². The van der Waals surface area contributed by atoms with E-state index in [-0.39, 0.29) is 5.56 Å². The average molecular weight is 260 g/mol. The van der Waals surface area contributed by atoms with Crippen molar-refractivity contribution in [3.05, 3.63) is 29.6 Å². The van der Waals surface area contributed by atoms with Crippen LogP contribution in [0, 0.1) is 5.82 Å². The first-order valence-corrected chi connectivity index (χ1v) is 6.12. The van der Waals surface area contributed by atoms with Gasteiger partial charge in [0.25, 0.3) is 0 Å². The van der Waals surface area contributed by atoms with Gasteiger partial charge in [0.05, 0.1) is 12.7 Å². The van der Waals surface area contributed by atoms with E-state index in [4.69, 9.17) is 4.74 Å². The first-order chi connectivity index (χ1) is 8.10. The average Bonchev–Trinajstić information content (AvgIpc) is 2.29. The highest BCUT2D eigenvalue weighted by Gasteiger charge is 2.21. The van der Waals surface area contributed by atoms with Gasteiger partial charge in [-0.25, -0.2) is 4.39 Å². The summed E-state index contributed by atoms with van der Waals surface area (Å²) >= 11 is 3.95. The van der Waals surface area contributed by atoms with E-state index in [1.165, 1.54) is 12.1 Å². The van der Waals surface area contributed by atoms with E-state index in [1.807, 2.05) is 0 Å². The van der Waals surface area contributed by atoms with Crippen LogP contribution in [0.5, 0.6) is 5.75 Å². The molecule has 0 saturated carbocycles. The van der Waals surface area contributed by atoms with Gasteiger partial charge in [-0.15, -0.1) is 0 Å². The van der Waals surface area contributed by atoms with Crippen molar-refractivity contribution in [2.24, 2.45) is 0 Å². The molecule has 2 N–H and O–H groups in total. The van der Waals surface area contributed by atoms with Crippen molar-refractivity contribution in [2.75, 3.05) is 12.4 Å². The van der Waals surface area contributed by atoms with Gasteiger partial charge in [0.15, 0.2) is 0 Å². The third-order valence-electron chi connectivity index (χ3n) is 2.39. The van der Waals surface area contributed by atoms with Crippen molar-refractivity contribution in [1.29, 1.82) is 0 Å². The van der Waals surface area contributed by atoms with E-state index in [1.54, 1.807) is 13.0 Å². The van der Waals surface area contributed by atoms with Crippen molar-refractivity contribution in [1.82, 2.24) is 0 Å². The van der Waals surface area contributed by atoms with E-state index in [9.17, 15) is 14.6 Å². The molecular formula is C12H17FO3S. The summed E-state index contributed by atoms with van der Waals surface area (Å²) in [5, 5.41) is 19.3. The lowest BCUT2D eigenvalue weighted by Gasteiger charge is -2.18. The molecule has 0 radical (unpaired) electrons. The predicted molar refractivity (Wildman–Crippen MR) is 67.0 cm³/mol. The largest absolute Gasteiger partial charge is 0.494 e. The summed E-state index contributed by atoms with van der Waals surface area (Å²) in [6.07, 6.45) is -1.95. The molecule has 0 fully saturated rings. The molecule has 96 valence electrons. The number of aliphatic hydroxyl groups excluding tert-OH is 2. The van der Waals surface area contributed by atoms with Crippen LogP contribution < -0.4 is 4.74 Å². The Kier molecular flexibility index (Phi) is 5.74. The fourth-order valence-electron chi connectivity index (χ4n) is 1.50. The minimum atomic E-state index is -1.24. The zero-order valence-corrected chi connectivity index (χ0v) is 10.5. The summed E-state index contributed by atoms with van der Waals surface area (Å²) in [6, 6.07) is 4.20. The van der Waals surface area contributed by atoms with Crippen LogP contribution in [0.25, 0.3) is 0 Å². The highest BCUT2D eigenvalue weighted by atomic mass is 32.1. The van der Waals surface area contributed by atoms with Crippen LogP contribution in [0.15, 0.2) is 18.2 Å². The highest BCUT2D eigenvalue weighted by Crippen LogP contribution is 2.25. The molecule has 0 heterocycles. The van der Waals surface area contributed by atoms with Crippen LogP contribution in [0.2, 0.25) is 0 Å². The van der Waals surface area contributed by atoms with Gasteiger partial charge in [-0.2, -0.15) is 12.6 Å². The molecule has 0 aliphatic heterocycles. The van der Waals surface area contributed by atoms with E-state index in [0.29, 0.717) is 24.5 Å². The zero-order valence-electron chi connectivity index (χ0n) is 9.64. The van der Waals surface area contributed by atoms with E-state index in [2.05, 4.69) is 12.6 Å². The fourth-order valence-corrected chi connectivity index (χ4v) is 1.77. The molecule has 0 saturated heterocycles. The highest BCUT2D eigenvalue weighted by molar-refractivity contribution is 7.80. The molecule has 3 nitrogen and oxygen atoms in total. The Morgan fingerprint density at radius 3 is 2.65 bits per heavy atom. The van der Waals surface area contributed by atoms with Gasteiger partial charge in [-0.05, 0) is 31.2 Å². The second-order valence-electron chi connectivity index (χ2n) is 3.64. The molecule has 0 amide bonds. The van der Waals surface area contributed by atoms with Crippen LogP contribution in [0.3, 0.4) is 0 Å². The molecule has 0 aromatic heterocycles. The number of benzene rings is 1. The molecule has 0 bridgehead atoms. The Morgan fingerprint density at radius 1 is 1.41 bits per heavy atom. The SMILES string of the molecule is CCOc1ccc(C(O)C(O)CCS)c(F)c1. The zero-order chi connectivity index (χ0) is 12.8. The maximum atomic E-state index is 13.7. The van der Waals surface area contributed by atoms with Gasteiger partial charge >= 0.3 is 0 Å². The minimum absolute atomic E-state index is 0.0720. The van der Waals surface area contributed by atoms with E-state index < -0.39 is 18.0 Å². The lowest BCUT2D eigenvalue weighted by molar-refractivity contribution is 0.0151. The standard InChI is InChI=1S/C12H17FO3S/c1-2-16-8-3-4-9(10(13)7-8)12(15)11(14)5-6-17/h3-4,7,11-12,14-15,17H,2,5-6H2,1H3. The maximum Gasteiger partial charge on any atom is 0.132 e. The molecule has 0 spiro atoms. The van der Waals surface area contributed by atoms with E-state index >= 15 is 0 Å². The van der Waals surface area contributed by atoms with Crippen LogP contribution >= 0.6 is 12.6 Å². The molecule has 0 aliphatic carbocycles. The number of halogens is 1. The molecule has 5 heteroatoms. The molecule has 1 aromatic carbocycles. The third kappa shape index (κ3) is 3.87. The monoisotopic (exact) mass is 260 g/mol. The first-order valence-electron chi connectivity index (χ1n) is 5.49. The van der Waals surface area contributed by atoms with Crippen LogP contribution in [0.1, 0.15) is 25.0 Å². The lowest BCUT2D eigenvalue weighted by atomic mass is 10.0. The van der Waals surface area contributed by atoms with Crippen molar-refractivity contribution in [3.63, 3.8) is 0 Å². The Bertz CT molecular complexity index is 360. The summed E-state index contributed by atoms with van der Waals surface area (Å²) in [4.78, 5) is 0. The topological polar surface area (TPSA) is 49.7 Å². The summed E-state index contributed by atoms with van der Waals surface area (Å²) in [7, 11) is 0. The Balaban J connectivity index is 2.83. The van der Waals surface area contributed by atoms with Crippen molar-refractivity contribution < 1.29 is 19.3 Å². The second kappa shape index (κ2) is 6.83. The van der Waals surface area contributed by atoms with Gasteiger partial charge in [0.2, 0.25) is 0 Å². The Hall–Kier alpha value is -0.780. The summed E-state index contributed by atoms with van der Waals surface area (Å²) in [5.41, 5.74) is 0.0720. The Morgan fingerprint density at radius 2 is 2.12 bits per heavy atom. The smallest absolute Gasteiger partial charge is 0.132 e. The fraction of sp³-hybridized carbons (Fsp3) is 0.500. The van der Waals surface area contributed by atoms with Crippen molar-refractivity contribution in [2.45, 2.75) is 25.6 Å². The number of hydrogen-bond donors (Lipinski definition) is 3. The number of rotatable bonds is 6. The van der Waals surface area contributed by atoms with Crippen LogP contribution in [-0.4, -0.2) is 28.7 Å². The van der Waals surface area contributed by atoms with Gasteiger partial charge < -0.3 is 14.9 Å². The number of ether oxygens (including phenoxy) is 1. The van der Waals surface area contributed by atoms with Gasteiger partial charge in [-0.3, -0.25) is 0 Å². The van der Waals surface area contributed by atoms with Crippen molar-refractivity contribution >= 4 is 12.6 Å². The molecule has 1 rings (SSSR count). The third-order valence-corrected chi connectivity index (χ3v) is 2.65. The molecule has 2 unspecified atom stereocenters. The number of thiol groups is 1. The van der Waals surface area contributed by atoms with Gasteiger partial charge in [-0.1, -0.05) is 0 Å². The quantitative estimate of drug-likeness (QED) is 0.685. The molecule has 17 heavy (non-hydrogen) atoms. The molecule has 0 aliphatic rings. The van der Waals surface area contributed by atoms with Crippen LogP contribution in [-0.2, 0) is 0 Å². The number of aliphatic hydroxyl groups is 2. The number of hydrogen-bond acceptors (Lipinski definition) is 4. The summed E-state index contributed by atoms with van der Waals surface area (Å²) in [5.74, 6) is 0.253. The van der Waals surface area contributed by atoms with Gasteiger partial charge in [0.1, 0.15) is 17.7 Å².